The highest BCUT2D eigenvalue weighted by Crippen LogP contribution is 2.44. The van der Waals surface area contributed by atoms with Crippen molar-refractivity contribution in [2.75, 3.05) is 14.2 Å². The van der Waals surface area contributed by atoms with Crippen LogP contribution in [-0.4, -0.2) is 36.7 Å². The molecule has 0 bridgehead atoms. The molecule has 0 aliphatic carbocycles. The SMILES string of the molecule is COc1ccc(C(O)C(C)(C)C(O)C(F)(F)F)cc1OC. The molecule has 0 aliphatic heterocycles. The normalized spacial score (nSPS) is 15.5. The first kappa shape index (κ1) is 17.6. The number of benzene rings is 1. The molecule has 7 heteroatoms. The minimum atomic E-state index is -4.82. The lowest BCUT2D eigenvalue weighted by Crippen LogP contribution is -2.45. The van der Waals surface area contributed by atoms with Gasteiger partial charge in [0.05, 0.1) is 20.3 Å². The Morgan fingerprint density at radius 2 is 1.52 bits per heavy atom. The Morgan fingerprint density at radius 3 is 1.95 bits per heavy atom. The van der Waals surface area contributed by atoms with Gasteiger partial charge in [0.25, 0.3) is 0 Å². The summed E-state index contributed by atoms with van der Waals surface area (Å²) < 4.78 is 48.1. The lowest BCUT2D eigenvalue weighted by Gasteiger charge is -2.36. The van der Waals surface area contributed by atoms with Crippen molar-refractivity contribution in [2.45, 2.75) is 32.2 Å². The number of ether oxygens (including phenoxy) is 2. The van der Waals surface area contributed by atoms with E-state index in [0.717, 1.165) is 13.8 Å². The Labute approximate surface area is 121 Å². The third kappa shape index (κ3) is 3.59. The predicted molar refractivity (Wildman–Crippen MR) is 70.3 cm³/mol. The number of aliphatic hydroxyl groups is 2. The van der Waals surface area contributed by atoms with Gasteiger partial charge in [-0.1, -0.05) is 19.9 Å². The molecule has 21 heavy (non-hydrogen) atoms. The van der Waals surface area contributed by atoms with Gasteiger partial charge in [-0.25, -0.2) is 0 Å². The van der Waals surface area contributed by atoms with Crippen molar-refractivity contribution in [2.24, 2.45) is 5.41 Å². The second-order valence-corrected chi connectivity index (χ2v) is 5.28. The maximum absolute atomic E-state index is 12.7. The van der Waals surface area contributed by atoms with Gasteiger partial charge in [0.1, 0.15) is 0 Å². The standard InChI is InChI=1S/C14H19F3O4/c1-13(2,12(19)14(15,16)17)11(18)8-5-6-9(20-3)10(7-8)21-4/h5-7,11-12,18-19H,1-4H3. The molecule has 120 valence electrons. The highest BCUT2D eigenvalue weighted by atomic mass is 19.4. The maximum Gasteiger partial charge on any atom is 0.414 e. The molecule has 1 aromatic carbocycles. The second-order valence-electron chi connectivity index (χ2n) is 5.28. The van der Waals surface area contributed by atoms with Crippen LogP contribution in [0, 0.1) is 5.41 Å². The monoisotopic (exact) mass is 308 g/mol. The van der Waals surface area contributed by atoms with Crippen LogP contribution in [0.1, 0.15) is 25.5 Å². The molecule has 1 rings (SSSR count). The van der Waals surface area contributed by atoms with Gasteiger partial charge in [-0.2, -0.15) is 13.2 Å². The molecular weight excluding hydrogens is 289 g/mol. The smallest absolute Gasteiger partial charge is 0.414 e. The summed E-state index contributed by atoms with van der Waals surface area (Å²) in [5, 5.41) is 19.6. The highest BCUT2D eigenvalue weighted by molar-refractivity contribution is 5.43. The van der Waals surface area contributed by atoms with E-state index in [4.69, 9.17) is 9.47 Å². The van der Waals surface area contributed by atoms with Crippen LogP contribution in [0.5, 0.6) is 11.5 Å². The maximum atomic E-state index is 12.7. The Bertz CT molecular complexity index is 486. The van der Waals surface area contributed by atoms with Crippen molar-refractivity contribution >= 4 is 0 Å². The summed E-state index contributed by atoms with van der Waals surface area (Å²) in [4.78, 5) is 0. The van der Waals surface area contributed by atoms with Crippen LogP contribution in [0.15, 0.2) is 18.2 Å². The first-order valence-corrected chi connectivity index (χ1v) is 6.20. The lowest BCUT2D eigenvalue weighted by molar-refractivity contribution is -0.248. The van der Waals surface area contributed by atoms with Gasteiger partial charge in [0.15, 0.2) is 17.6 Å². The molecule has 0 radical (unpaired) electrons. The number of hydrogen-bond acceptors (Lipinski definition) is 4. The van der Waals surface area contributed by atoms with E-state index in [1.165, 1.54) is 32.4 Å². The van der Waals surface area contributed by atoms with E-state index < -0.39 is 23.8 Å². The zero-order valence-corrected chi connectivity index (χ0v) is 12.2. The van der Waals surface area contributed by atoms with Crippen LogP contribution in [0.2, 0.25) is 0 Å². The van der Waals surface area contributed by atoms with E-state index in [9.17, 15) is 23.4 Å². The van der Waals surface area contributed by atoms with Gasteiger partial charge in [0, 0.05) is 5.41 Å². The quantitative estimate of drug-likeness (QED) is 0.878. The summed E-state index contributed by atoms with van der Waals surface area (Å²) in [5.41, 5.74) is -1.63. The summed E-state index contributed by atoms with van der Waals surface area (Å²) in [6.45, 7) is 2.29. The average molecular weight is 308 g/mol. The van der Waals surface area contributed by atoms with Crippen LogP contribution in [-0.2, 0) is 0 Å². The number of halogens is 3. The van der Waals surface area contributed by atoms with Crippen molar-refractivity contribution < 1.29 is 32.9 Å². The van der Waals surface area contributed by atoms with Gasteiger partial charge in [-0.15, -0.1) is 0 Å². The van der Waals surface area contributed by atoms with Gasteiger partial charge in [0.2, 0.25) is 0 Å². The molecular formula is C14H19F3O4. The molecule has 0 saturated heterocycles. The fraction of sp³-hybridized carbons (Fsp3) is 0.571. The minimum Gasteiger partial charge on any atom is -0.493 e. The fourth-order valence-corrected chi connectivity index (χ4v) is 2.02. The minimum absolute atomic E-state index is 0.195. The zero-order valence-electron chi connectivity index (χ0n) is 12.2. The fourth-order valence-electron chi connectivity index (χ4n) is 2.02. The Kier molecular flexibility index (Phi) is 5.11. The molecule has 0 aliphatic rings. The van der Waals surface area contributed by atoms with E-state index in [1.54, 1.807) is 0 Å². The summed E-state index contributed by atoms with van der Waals surface area (Å²) >= 11 is 0. The van der Waals surface area contributed by atoms with Crippen molar-refractivity contribution in [3.63, 3.8) is 0 Å². The molecule has 0 fully saturated rings. The topological polar surface area (TPSA) is 58.9 Å². The van der Waals surface area contributed by atoms with E-state index in [2.05, 4.69) is 0 Å². The van der Waals surface area contributed by atoms with Crippen LogP contribution in [0.25, 0.3) is 0 Å². The van der Waals surface area contributed by atoms with E-state index in [0.29, 0.717) is 5.75 Å². The number of methoxy groups -OCH3 is 2. The Hall–Kier alpha value is -1.47. The first-order valence-electron chi connectivity index (χ1n) is 6.20. The highest BCUT2D eigenvalue weighted by Gasteiger charge is 2.51. The molecule has 2 N–H and O–H groups in total. The predicted octanol–water partition coefficient (Wildman–Crippen LogP) is 2.69. The Morgan fingerprint density at radius 1 is 1.00 bits per heavy atom. The number of rotatable bonds is 5. The summed E-state index contributed by atoms with van der Waals surface area (Å²) in [6.07, 6.45) is -9.01. The van der Waals surface area contributed by atoms with Crippen LogP contribution < -0.4 is 9.47 Å². The third-order valence-electron chi connectivity index (χ3n) is 3.44. The molecule has 1 aromatic rings. The molecule has 2 atom stereocenters. The van der Waals surface area contributed by atoms with Crippen molar-refractivity contribution in [3.8, 4) is 11.5 Å². The van der Waals surface area contributed by atoms with E-state index in [-0.39, 0.29) is 11.3 Å². The molecule has 0 heterocycles. The molecule has 0 spiro atoms. The van der Waals surface area contributed by atoms with Gasteiger partial charge < -0.3 is 19.7 Å². The third-order valence-corrected chi connectivity index (χ3v) is 3.44. The van der Waals surface area contributed by atoms with Gasteiger partial charge in [-0.3, -0.25) is 0 Å². The van der Waals surface area contributed by atoms with Crippen LogP contribution in [0.4, 0.5) is 13.2 Å². The average Bonchev–Trinajstić information content (AvgIpc) is 2.43. The van der Waals surface area contributed by atoms with Gasteiger partial charge in [-0.05, 0) is 17.7 Å². The lowest BCUT2D eigenvalue weighted by atomic mass is 9.77. The van der Waals surface area contributed by atoms with Gasteiger partial charge >= 0.3 is 6.18 Å². The molecule has 2 unspecified atom stereocenters. The van der Waals surface area contributed by atoms with E-state index >= 15 is 0 Å². The second kappa shape index (κ2) is 6.11. The molecule has 0 aromatic heterocycles. The van der Waals surface area contributed by atoms with Crippen LogP contribution >= 0.6 is 0 Å². The molecule has 0 amide bonds. The van der Waals surface area contributed by atoms with Crippen molar-refractivity contribution in [1.82, 2.24) is 0 Å². The van der Waals surface area contributed by atoms with E-state index in [1.807, 2.05) is 0 Å². The summed E-state index contributed by atoms with van der Waals surface area (Å²) in [6, 6.07) is 4.29. The van der Waals surface area contributed by atoms with Crippen molar-refractivity contribution in [3.05, 3.63) is 23.8 Å². The molecule has 0 saturated carbocycles. The Balaban J connectivity index is 3.15. The van der Waals surface area contributed by atoms with Crippen molar-refractivity contribution in [1.29, 1.82) is 0 Å². The number of aliphatic hydroxyl groups excluding tert-OH is 2. The largest absolute Gasteiger partial charge is 0.493 e. The summed E-state index contributed by atoms with van der Waals surface area (Å²) in [5.74, 6) is 0.675. The zero-order chi connectivity index (χ0) is 16.4. The number of hydrogen-bond donors (Lipinski definition) is 2. The molecule has 4 nitrogen and oxygen atoms in total. The van der Waals surface area contributed by atoms with Crippen LogP contribution in [0.3, 0.4) is 0 Å². The first-order chi connectivity index (χ1) is 9.55. The number of alkyl halides is 3. The summed E-state index contributed by atoms with van der Waals surface area (Å²) in [7, 11) is 2.80.